The molecule has 0 radical (unpaired) electrons. The summed E-state index contributed by atoms with van der Waals surface area (Å²) in [5.41, 5.74) is 2.55. The summed E-state index contributed by atoms with van der Waals surface area (Å²) in [6.07, 6.45) is 5.34. The van der Waals surface area contributed by atoms with Crippen molar-refractivity contribution in [3.8, 4) is 5.75 Å². The number of nitrogens with one attached hydrogen (secondary N) is 1. The van der Waals surface area contributed by atoms with Gasteiger partial charge in [0.2, 0.25) is 0 Å². The van der Waals surface area contributed by atoms with E-state index in [2.05, 4.69) is 12.2 Å². The largest absolute Gasteiger partial charge is 0.508 e. The van der Waals surface area contributed by atoms with E-state index in [0.717, 1.165) is 19.3 Å². The first kappa shape index (κ1) is 14.7. The molecular formula is C15H23NO2S. The summed E-state index contributed by atoms with van der Waals surface area (Å²) in [7, 11) is 0. The van der Waals surface area contributed by atoms with Crippen LogP contribution in [0.1, 0.15) is 36.9 Å². The third-order valence-corrected chi connectivity index (χ3v) is 5.11. The monoisotopic (exact) mass is 281 g/mol. The molecule has 19 heavy (non-hydrogen) atoms. The highest BCUT2D eigenvalue weighted by Gasteiger charge is 2.24. The fourth-order valence-corrected chi connectivity index (χ4v) is 3.47. The molecule has 0 aromatic heterocycles. The Kier molecular flexibility index (Phi) is 5.13. The van der Waals surface area contributed by atoms with Crippen molar-refractivity contribution in [1.82, 2.24) is 5.32 Å². The predicted molar refractivity (Wildman–Crippen MR) is 80.8 cm³/mol. The smallest absolute Gasteiger partial charge is 0.115 e. The van der Waals surface area contributed by atoms with Crippen LogP contribution in [0.2, 0.25) is 0 Å². The normalized spacial score (nSPS) is 21.7. The Morgan fingerprint density at radius 3 is 2.95 bits per heavy atom. The van der Waals surface area contributed by atoms with Crippen LogP contribution in [-0.4, -0.2) is 34.4 Å². The van der Waals surface area contributed by atoms with Gasteiger partial charge in [-0.2, -0.15) is 11.8 Å². The zero-order valence-corrected chi connectivity index (χ0v) is 12.4. The fraction of sp³-hybridized carbons (Fsp3) is 0.600. The number of aromatic hydroxyl groups is 1. The lowest BCUT2D eigenvalue weighted by molar-refractivity contribution is 0.267. The molecule has 0 spiro atoms. The van der Waals surface area contributed by atoms with E-state index in [1.165, 1.54) is 11.1 Å². The summed E-state index contributed by atoms with van der Waals surface area (Å²) in [6.45, 7) is 2.33. The average Bonchev–Trinajstić information content (AvgIpc) is 2.40. The SMILES string of the molecule is CSC(CO)C(C)NC1CCCc2cc(O)ccc21. The molecule has 2 rings (SSSR count). The summed E-state index contributed by atoms with van der Waals surface area (Å²) in [6, 6.07) is 6.28. The highest BCUT2D eigenvalue weighted by Crippen LogP contribution is 2.32. The minimum absolute atomic E-state index is 0.199. The van der Waals surface area contributed by atoms with E-state index in [4.69, 9.17) is 0 Å². The number of aryl methyl sites for hydroxylation is 1. The van der Waals surface area contributed by atoms with E-state index in [0.29, 0.717) is 11.8 Å². The van der Waals surface area contributed by atoms with Gasteiger partial charge in [-0.15, -0.1) is 0 Å². The summed E-state index contributed by atoms with van der Waals surface area (Å²) in [4.78, 5) is 0. The third kappa shape index (κ3) is 3.44. The van der Waals surface area contributed by atoms with Gasteiger partial charge in [0, 0.05) is 17.3 Å². The Bertz CT molecular complexity index is 421. The number of benzene rings is 1. The van der Waals surface area contributed by atoms with E-state index in [1.807, 2.05) is 18.4 Å². The predicted octanol–water partition coefficient (Wildman–Crippen LogP) is 2.47. The maximum absolute atomic E-state index is 9.56. The molecule has 0 fully saturated rings. The highest BCUT2D eigenvalue weighted by molar-refractivity contribution is 7.99. The molecule has 0 saturated carbocycles. The summed E-state index contributed by atoms with van der Waals surface area (Å²) in [5.74, 6) is 0.352. The molecule has 0 saturated heterocycles. The number of phenolic OH excluding ortho intramolecular Hbond substituents is 1. The fourth-order valence-electron chi connectivity index (χ4n) is 2.84. The summed E-state index contributed by atoms with van der Waals surface area (Å²) >= 11 is 1.70. The third-order valence-electron chi connectivity index (χ3n) is 3.95. The van der Waals surface area contributed by atoms with Crippen molar-refractivity contribution in [2.75, 3.05) is 12.9 Å². The standard InChI is InChI=1S/C15H23NO2S/c1-10(15(9-17)19-2)16-14-5-3-4-11-8-12(18)6-7-13(11)14/h6-8,10,14-18H,3-5,9H2,1-2H3. The first-order valence-corrected chi connectivity index (χ1v) is 8.16. The zero-order chi connectivity index (χ0) is 13.8. The van der Waals surface area contributed by atoms with Crippen LogP contribution in [0.3, 0.4) is 0 Å². The van der Waals surface area contributed by atoms with Crippen molar-refractivity contribution in [1.29, 1.82) is 0 Å². The second kappa shape index (κ2) is 6.64. The molecule has 3 N–H and O–H groups in total. The maximum Gasteiger partial charge on any atom is 0.115 e. The first-order chi connectivity index (χ1) is 9.15. The van der Waals surface area contributed by atoms with Crippen LogP contribution in [0, 0.1) is 0 Å². The van der Waals surface area contributed by atoms with Gasteiger partial charge in [-0.25, -0.2) is 0 Å². The van der Waals surface area contributed by atoms with Crippen molar-refractivity contribution >= 4 is 11.8 Å². The Hall–Kier alpha value is -0.710. The number of thioether (sulfide) groups is 1. The minimum Gasteiger partial charge on any atom is -0.508 e. The summed E-state index contributed by atoms with van der Waals surface area (Å²) in [5, 5.41) is 22.8. The van der Waals surface area contributed by atoms with Crippen LogP contribution >= 0.6 is 11.8 Å². The Labute approximate surface area is 119 Å². The molecule has 4 heteroatoms. The summed E-state index contributed by atoms with van der Waals surface area (Å²) < 4.78 is 0. The van der Waals surface area contributed by atoms with Gasteiger partial charge in [0.05, 0.1) is 6.61 Å². The van der Waals surface area contributed by atoms with Crippen molar-refractivity contribution in [2.24, 2.45) is 0 Å². The molecule has 1 aliphatic rings. The number of rotatable bonds is 5. The van der Waals surface area contributed by atoms with Crippen molar-refractivity contribution < 1.29 is 10.2 Å². The highest BCUT2D eigenvalue weighted by atomic mass is 32.2. The number of aliphatic hydroxyl groups is 1. The molecule has 1 aromatic carbocycles. The topological polar surface area (TPSA) is 52.5 Å². The second-order valence-electron chi connectivity index (χ2n) is 5.24. The second-order valence-corrected chi connectivity index (χ2v) is 6.32. The lowest BCUT2D eigenvalue weighted by Gasteiger charge is -2.31. The van der Waals surface area contributed by atoms with Crippen molar-refractivity contribution in [2.45, 2.75) is 43.5 Å². The van der Waals surface area contributed by atoms with E-state index < -0.39 is 0 Å². The number of hydrogen-bond acceptors (Lipinski definition) is 4. The Balaban J connectivity index is 2.11. The molecule has 1 aliphatic carbocycles. The number of phenols is 1. The lowest BCUT2D eigenvalue weighted by Crippen LogP contribution is -2.40. The molecule has 3 atom stereocenters. The van der Waals surface area contributed by atoms with Crippen LogP contribution in [0.15, 0.2) is 18.2 Å². The van der Waals surface area contributed by atoms with Crippen LogP contribution < -0.4 is 5.32 Å². The van der Waals surface area contributed by atoms with Gasteiger partial charge in [-0.05, 0) is 55.7 Å². The van der Waals surface area contributed by atoms with Crippen LogP contribution in [0.4, 0.5) is 0 Å². The van der Waals surface area contributed by atoms with Gasteiger partial charge in [-0.1, -0.05) is 6.07 Å². The average molecular weight is 281 g/mol. The van der Waals surface area contributed by atoms with Gasteiger partial charge in [0.25, 0.3) is 0 Å². The maximum atomic E-state index is 9.56. The molecule has 0 heterocycles. The van der Waals surface area contributed by atoms with Gasteiger partial charge < -0.3 is 15.5 Å². The lowest BCUT2D eigenvalue weighted by atomic mass is 9.87. The molecule has 0 amide bonds. The number of fused-ring (bicyclic) bond motifs is 1. The molecule has 3 unspecified atom stereocenters. The van der Waals surface area contributed by atoms with Gasteiger partial charge >= 0.3 is 0 Å². The minimum atomic E-state index is 0.199. The molecule has 1 aromatic rings. The molecule has 3 nitrogen and oxygen atoms in total. The first-order valence-electron chi connectivity index (χ1n) is 6.87. The van der Waals surface area contributed by atoms with Gasteiger partial charge in [0.1, 0.15) is 5.75 Å². The van der Waals surface area contributed by atoms with Crippen LogP contribution in [0.25, 0.3) is 0 Å². The van der Waals surface area contributed by atoms with Crippen LogP contribution in [0.5, 0.6) is 5.75 Å². The van der Waals surface area contributed by atoms with E-state index in [-0.39, 0.29) is 17.9 Å². The van der Waals surface area contributed by atoms with E-state index in [9.17, 15) is 10.2 Å². The molecule has 0 aliphatic heterocycles. The van der Waals surface area contributed by atoms with Gasteiger partial charge in [0.15, 0.2) is 0 Å². The van der Waals surface area contributed by atoms with Crippen LogP contribution in [-0.2, 0) is 6.42 Å². The van der Waals surface area contributed by atoms with Gasteiger partial charge in [-0.3, -0.25) is 0 Å². The van der Waals surface area contributed by atoms with Crippen molar-refractivity contribution in [3.05, 3.63) is 29.3 Å². The molecule has 106 valence electrons. The number of aliphatic hydroxyl groups excluding tert-OH is 1. The van der Waals surface area contributed by atoms with E-state index >= 15 is 0 Å². The van der Waals surface area contributed by atoms with E-state index in [1.54, 1.807) is 17.8 Å². The van der Waals surface area contributed by atoms with Crippen molar-refractivity contribution in [3.63, 3.8) is 0 Å². The zero-order valence-electron chi connectivity index (χ0n) is 11.6. The molecular weight excluding hydrogens is 258 g/mol. The number of hydrogen-bond donors (Lipinski definition) is 3. The molecule has 0 bridgehead atoms. The Morgan fingerprint density at radius 1 is 1.47 bits per heavy atom. The quantitative estimate of drug-likeness (QED) is 0.776. The Morgan fingerprint density at radius 2 is 2.26 bits per heavy atom.